The van der Waals surface area contributed by atoms with Crippen LogP contribution in [-0.2, 0) is 14.8 Å². The first-order chi connectivity index (χ1) is 12.2. The van der Waals surface area contributed by atoms with E-state index in [0.717, 1.165) is 0 Å². The highest BCUT2D eigenvalue weighted by Gasteiger charge is 2.14. The van der Waals surface area contributed by atoms with E-state index in [1.807, 2.05) is 0 Å². The number of amides is 1. The molecule has 0 aromatic heterocycles. The first-order valence-corrected chi connectivity index (χ1v) is 9.44. The monoisotopic (exact) mass is 392 g/mol. The average Bonchev–Trinajstić information content (AvgIpc) is 2.59. The lowest BCUT2D eigenvalue weighted by molar-refractivity contribution is -0.166. The maximum Gasteiger partial charge on any atom is 0.261 e. The SMILES string of the molecule is CC(=O)N(O)C(C)C#Cc1cccc(NS(=O)(=O)c2ccc(Cl)cc2)c1. The largest absolute Gasteiger partial charge is 0.285 e. The summed E-state index contributed by atoms with van der Waals surface area (Å²) in [6, 6.07) is 11.6. The van der Waals surface area contributed by atoms with Gasteiger partial charge in [-0.2, -0.15) is 0 Å². The number of hydroxylamine groups is 2. The smallest absolute Gasteiger partial charge is 0.261 e. The van der Waals surface area contributed by atoms with Crippen molar-refractivity contribution < 1.29 is 18.4 Å². The van der Waals surface area contributed by atoms with Crippen molar-refractivity contribution in [2.45, 2.75) is 24.8 Å². The summed E-state index contributed by atoms with van der Waals surface area (Å²) in [5.41, 5.74) is 0.872. The topological polar surface area (TPSA) is 86.7 Å². The minimum Gasteiger partial charge on any atom is -0.285 e. The van der Waals surface area contributed by atoms with E-state index >= 15 is 0 Å². The van der Waals surface area contributed by atoms with E-state index in [-0.39, 0.29) is 4.90 Å². The van der Waals surface area contributed by atoms with Crippen LogP contribution in [0.5, 0.6) is 0 Å². The maximum atomic E-state index is 12.4. The molecule has 0 saturated carbocycles. The molecular weight excluding hydrogens is 376 g/mol. The predicted molar refractivity (Wildman–Crippen MR) is 99.3 cm³/mol. The lowest BCUT2D eigenvalue weighted by Crippen LogP contribution is -2.32. The molecule has 0 fully saturated rings. The van der Waals surface area contributed by atoms with E-state index in [0.29, 0.717) is 21.3 Å². The predicted octanol–water partition coefficient (Wildman–Crippen LogP) is 3.12. The van der Waals surface area contributed by atoms with Crippen molar-refractivity contribution in [1.82, 2.24) is 5.06 Å². The van der Waals surface area contributed by atoms with Crippen molar-refractivity contribution in [3.8, 4) is 11.8 Å². The normalized spacial score (nSPS) is 11.8. The molecule has 0 bridgehead atoms. The molecule has 2 rings (SSSR count). The molecule has 1 unspecified atom stereocenters. The van der Waals surface area contributed by atoms with Crippen LogP contribution in [-0.4, -0.2) is 30.6 Å². The highest BCUT2D eigenvalue weighted by atomic mass is 35.5. The third-order valence-corrected chi connectivity index (χ3v) is 5.00. The Morgan fingerprint density at radius 3 is 2.50 bits per heavy atom. The van der Waals surface area contributed by atoms with Crippen molar-refractivity contribution in [3.63, 3.8) is 0 Å². The molecule has 0 aliphatic carbocycles. The number of nitrogens with zero attached hydrogens (tertiary/aromatic N) is 1. The molecule has 2 N–H and O–H groups in total. The molecule has 8 heteroatoms. The Morgan fingerprint density at radius 1 is 1.23 bits per heavy atom. The number of hydrogen-bond acceptors (Lipinski definition) is 4. The summed E-state index contributed by atoms with van der Waals surface area (Å²) in [7, 11) is -3.75. The summed E-state index contributed by atoms with van der Waals surface area (Å²) in [5.74, 6) is 5.00. The first-order valence-electron chi connectivity index (χ1n) is 7.58. The third-order valence-electron chi connectivity index (χ3n) is 3.35. The number of sulfonamides is 1. The fourth-order valence-electron chi connectivity index (χ4n) is 2.01. The van der Waals surface area contributed by atoms with E-state index in [2.05, 4.69) is 16.6 Å². The minimum absolute atomic E-state index is 0.0874. The minimum atomic E-state index is -3.75. The summed E-state index contributed by atoms with van der Waals surface area (Å²) in [4.78, 5) is 11.2. The van der Waals surface area contributed by atoms with Crippen LogP contribution in [0.4, 0.5) is 5.69 Å². The Hall–Kier alpha value is -2.53. The zero-order valence-corrected chi connectivity index (χ0v) is 15.7. The van der Waals surface area contributed by atoms with E-state index in [9.17, 15) is 18.4 Å². The standard InChI is InChI=1S/C18H17ClN2O4S/c1-13(21(23)14(2)22)6-7-15-4-3-5-17(12-15)20-26(24,25)18-10-8-16(19)9-11-18/h3-5,8-13,20,23H,1-2H3. The number of rotatable bonds is 4. The Kier molecular flexibility index (Phi) is 6.27. The fourth-order valence-corrected chi connectivity index (χ4v) is 3.19. The Bertz CT molecular complexity index is 963. The molecule has 0 aliphatic heterocycles. The highest BCUT2D eigenvalue weighted by molar-refractivity contribution is 7.92. The molecule has 0 aliphatic rings. The second-order valence-electron chi connectivity index (χ2n) is 5.45. The van der Waals surface area contributed by atoms with Gasteiger partial charge in [-0.1, -0.05) is 29.5 Å². The summed E-state index contributed by atoms with van der Waals surface area (Å²) >= 11 is 5.77. The molecule has 26 heavy (non-hydrogen) atoms. The van der Waals surface area contributed by atoms with E-state index in [1.165, 1.54) is 31.2 Å². The van der Waals surface area contributed by atoms with Gasteiger partial charge in [0.1, 0.15) is 6.04 Å². The van der Waals surface area contributed by atoms with Gasteiger partial charge in [-0.05, 0) is 49.4 Å². The first kappa shape index (κ1) is 19.8. The molecule has 2 aromatic carbocycles. The lowest BCUT2D eigenvalue weighted by atomic mass is 10.2. The third kappa shape index (κ3) is 5.23. The second kappa shape index (κ2) is 8.23. The van der Waals surface area contributed by atoms with Crippen LogP contribution < -0.4 is 4.72 Å². The maximum absolute atomic E-state index is 12.4. The van der Waals surface area contributed by atoms with E-state index in [1.54, 1.807) is 31.2 Å². The average molecular weight is 393 g/mol. The zero-order valence-electron chi connectivity index (χ0n) is 14.1. The van der Waals surface area contributed by atoms with Gasteiger partial charge in [-0.15, -0.1) is 0 Å². The molecule has 6 nitrogen and oxygen atoms in total. The molecule has 1 atom stereocenters. The number of halogens is 1. The number of carbonyl (C=O) groups excluding carboxylic acids is 1. The van der Waals surface area contributed by atoms with Gasteiger partial charge >= 0.3 is 0 Å². The van der Waals surface area contributed by atoms with Gasteiger partial charge in [-0.25, -0.2) is 13.5 Å². The quantitative estimate of drug-likeness (QED) is 0.475. The van der Waals surface area contributed by atoms with Gasteiger partial charge < -0.3 is 0 Å². The van der Waals surface area contributed by atoms with Crippen LogP contribution in [0, 0.1) is 11.8 Å². The van der Waals surface area contributed by atoms with Crippen molar-refractivity contribution in [2.75, 3.05) is 4.72 Å². The molecule has 1 amide bonds. The molecule has 0 saturated heterocycles. The van der Waals surface area contributed by atoms with Gasteiger partial charge in [0.05, 0.1) is 10.6 Å². The molecule has 2 aromatic rings. The van der Waals surface area contributed by atoms with Gasteiger partial charge in [0.25, 0.3) is 10.0 Å². The highest BCUT2D eigenvalue weighted by Crippen LogP contribution is 2.19. The van der Waals surface area contributed by atoms with Gasteiger partial charge in [0.15, 0.2) is 0 Å². The van der Waals surface area contributed by atoms with Crippen molar-refractivity contribution in [1.29, 1.82) is 0 Å². The van der Waals surface area contributed by atoms with Crippen LogP contribution in [0.15, 0.2) is 53.4 Å². The van der Waals surface area contributed by atoms with Crippen molar-refractivity contribution in [3.05, 3.63) is 59.1 Å². The lowest BCUT2D eigenvalue weighted by Gasteiger charge is -2.15. The van der Waals surface area contributed by atoms with Crippen LogP contribution in [0.2, 0.25) is 5.02 Å². The fraction of sp³-hybridized carbons (Fsp3) is 0.167. The summed E-state index contributed by atoms with van der Waals surface area (Å²) in [6.07, 6.45) is 0. The molecular formula is C18H17ClN2O4S. The summed E-state index contributed by atoms with van der Waals surface area (Å²) in [5, 5.41) is 10.5. The Labute approximate surface area is 157 Å². The number of benzene rings is 2. The summed E-state index contributed by atoms with van der Waals surface area (Å²) < 4.78 is 27.2. The van der Waals surface area contributed by atoms with E-state index in [4.69, 9.17) is 11.6 Å². The van der Waals surface area contributed by atoms with Crippen LogP contribution in [0.1, 0.15) is 19.4 Å². The summed E-state index contributed by atoms with van der Waals surface area (Å²) in [6.45, 7) is 2.80. The molecule has 0 radical (unpaired) electrons. The van der Waals surface area contributed by atoms with E-state index < -0.39 is 22.0 Å². The Morgan fingerprint density at radius 2 is 1.88 bits per heavy atom. The number of nitrogens with one attached hydrogen (secondary N) is 1. The van der Waals surface area contributed by atoms with Crippen LogP contribution in [0.3, 0.4) is 0 Å². The number of hydrogen-bond donors (Lipinski definition) is 2. The van der Waals surface area contributed by atoms with Gasteiger partial charge in [0.2, 0.25) is 5.91 Å². The zero-order chi connectivity index (χ0) is 19.3. The molecule has 0 heterocycles. The molecule has 136 valence electrons. The number of carbonyl (C=O) groups is 1. The van der Waals surface area contributed by atoms with Crippen LogP contribution in [0.25, 0.3) is 0 Å². The molecule has 0 spiro atoms. The second-order valence-corrected chi connectivity index (χ2v) is 7.57. The van der Waals surface area contributed by atoms with Crippen LogP contribution >= 0.6 is 11.6 Å². The Balaban J connectivity index is 2.19. The van der Waals surface area contributed by atoms with Crippen molar-refractivity contribution >= 4 is 33.2 Å². The number of anilines is 1. The van der Waals surface area contributed by atoms with Gasteiger partial charge in [-0.3, -0.25) is 14.7 Å². The van der Waals surface area contributed by atoms with Crippen molar-refractivity contribution in [2.24, 2.45) is 0 Å². The van der Waals surface area contributed by atoms with Gasteiger partial charge in [0, 0.05) is 17.5 Å².